The van der Waals surface area contributed by atoms with E-state index in [4.69, 9.17) is 0 Å². The molecule has 3 rings (SSSR count). The van der Waals surface area contributed by atoms with Crippen LogP contribution >= 0.6 is 7.14 Å². The van der Waals surface area contributed by atoms with Crippen LogP contribution < -0.4 is 5.30 Å². The largest absolute Gasteiger partial charge is 0.306 e. The lowest BCUT2D eigenvalue weighted by molar-refractivity contribution is 0.107. The molecule has 0 aliphatic rings. The summed E-state index contributed by atoms with van der Waals surface area (Å²) in [6.45, 7) is 7.74. The summed E-state index contributed by atoms with van der Waals surface area (Å²) >= 11 is 0. The Kier molecular flexibility index (Phi) is 5.82. The molecule has 0 saturated heterocycles. The van der Waals surface area contributed by atoms with Crippen LogP contribution in [-0.4, -0.2) is 5.52 Å². The first-order chi connectivity index (χ1) is 13.3. The molecule has 0 spiro atoms. The van der Waals surface area contributed by atoms with Gasteiger partial charge in [-0.2, -0.15) is 0 Å². The quantitative estimate of drug-likeness (QED) is 0.467. The first-order valence-electron chi connectivity index (χ1n) is 9.36. The summed E-state index contributed by atoms with van der Waals surface area (Å²) in [4.78, 5) is 13.7. The predicted octanol–water partition coefficient (Wildman–Crippen LogP) is 6.50. The van der Waals surface area contributed by atoms with Gasteiger partial charge in [-0.15, -0.1) is 0 Å². The molecule has 0 fully saturated rings. The molecule has 28 heavy (non-hydrogen) atoms. The van der Waals surface area contributed by atoms with Gasteiger partial charge in [0.2, 0.25) is 12.7 Å². The molecule has 0 aliphatic carbocycles. The van der Waals surface area contributed by atoms with Gasteiger partial charge in [-0.1, -0.05) is 78.4 Å². The summed E-state index contributed by atoms with van der Waals surface area (Å²) in [5, 5.41) is 0.564. The summed E-state index contributed by atoms with van der Waals surface area (Å²) in [7, 11) is -3.48. The zero-order valence-electron chi connectivity index (χ0n) is 16.8. The van der Waals surface area contributed by atoms with Crippen molar-refractivity contribution in [3.05, 3.63) is 106 Å². The van der Waals surface area contributed by atoms with Crippen LogP contribution in [0, 0.1) is 20.8 Å². The Morgan fingerprint density at radius 3 is 1.86 bits per heavy atom. The van der Waals surface area contributed by atoms with E-state index in [1.54, 1.807) is 17.9 Å². The molecular weight excluding hydrogens is 363 g/mol. The number of carbonyl (C=O) groups excluding carboxylic acids is 1. The number of carbonyl (C=O) groups is 1. The Morgan fingerprint density at radius 2 is 1.32 bits per heavy atom. The van der Waals surface area contributed by atoms with E-state index in [0.29, 0.717) is 10.9 Å². The summed E-state index contributed by atoms with van der Waals surface area (Å²) < 4.78 is 14.3. The summed E-state index contributed by atoms with van der Waals surface area (Å²) in [5.74, 6) is 1.68. The van der Waals surface area contributed by atoms with Crippen LogP contribution in [0.2, 0.25) is 0 Å². The molecule has 3 aromatic carbocycles. The van der Waals surface area contributed by atoms with Crippen molar-refractivity contribution in [3.63, 3.8) is 0 Å². The minimum absolute atomic E-state index is 0.302. The maximum absolute atomic E-state index is 14.3. The van der Waals surface area contributed by atoms with Gasteiger partial charge >= 0.3 is 0 Å². The van der Waals surface area contributed by atoms with Gasteiger partial charge in [0.05, 0.1) is 0 Å². The van der Waals surface area contributed by atoms with Crippen LogP contribution in [0.1, 0.15) is 39.5 Å². The Bertz CT molecular complexity index is 1060. The third-order valence-electron chi connectivity index (χ3n) is 4.94. The Morgan fingerprint density at radius 1 is 0.821 bits per heavy atom. The van der Waals surface area contributed by atoms with Gasteiger partial charge in [0.15, 0.2) is 0 Å². The molecule has 0 amide bonds. The maximum atomic E-state index is 14.3. The van der Waals surface area contributed by atoms with E-state index >= 15 is 0 Å². The molecule has 0 saturated carbocycles. The minimum atomic E-state index is -3.48. The normalized spacial score (nSPS) is 13.8. The lowest BCUT2D eigenvalue weighted by atomic mass is 10.0. The number of benzene rings is 3. The highest BCUT2D eigenvalue weighted by atomic mass is 31.2. The molecule has 0 heterocycles. The lowest BCUT2D eigenvalue weighted by Gasteiger charge is -2.18. The van der Waals surface area contributed by atoms with Crippen molar-refractivity contribution in [2.24, 2.45) is 0 Å². The van der Waals surface area contributed by atoms with Gasteiger partial charge in [-0.3, -0.25) is 4.79 Å². The number of aryl methyl sites for hydroxylation is 3. The van der Waals surface area contributed by atoms with Crippen molar-refractivity contribution in [1.82, 2.24) is 0 Å². The molecule has 142 valence electrons. The van der Waals surface area contributed by atoms with E-state index < -0.39 is 7.14 Å². The first kappa shape index (κ1) is 20.0. The fourth-order valence-corrected chi connectivity index (χ4v) is 6.13. The monoisotopic (exact) mass is 388 g/mol. The smallest absolute Gasteiger partial charge is 0.230 e. The number of rotatable bonds is 5. The van der Waals surface area contributed by atoms with E-state index in [-0.39, 0.29) is 5.52 Å². The molecule has 0 N–H and O–H groups in total. The Hall–Kier alpha value is -2.70. The molecule has 0 bridgehead atoms. The SMILES string of the molecule is CC(=CP(=O)(C(=O)c1c(C)cc(C)cc1C)c1ccccc1)c1ccccc1. The Balaban J connectivity index is 2.21. The standard InChI is InChI=1S/C25H25O2P/c1-18-15-19(2)24(20(3)16-18)25(26)28(27,23-13-9-6-10-14-23)17-21(4)22-11-7-5-8-12-22/h5-17H,1-4H3. The van der Waals surface area contributed by atoms with Gasteiger partial charge in [-0.25, -0.2) is 0 Å². The maximum Gasteiger partial charge on any atom is 0.230 e. The third kappa shape index (κ3) is 3.93. The number of hydrogen-bond donors (Lipinski definition) is 0. The van der Waals surface area contributed by atoms with Crippen LogP contribution in [-0.2, 0) is 4.57 Å². The van der Waals surface area contributed by atoms with Crippen molar-refractivity contribution < 1.29 is 9.36 Å². The summed E-state index contributed by atoms with van der Waals surface area (Å²) in [5.41, 5.74) is 4.89. The molecule has 1 atom stereocenters. The first-order valence-corrected chi connectivity index (χ1v) is 11.1. The molecule has 3 heteroatoms. The highest BCUT2D eigenvalue weighted by Gasteiger charge is 2.34. The lowest BCUT2D eigenvalue weighted by Crippen LogP contribution is -2.14. The van der Waals surface area contributed by atoms with E-state index in [0.717, 1.165) is 27.8 Å². The Labute approximate surface area is 167 Å². The van der Waals surface area contributed by atoms with E-state index in [1.807, 2.05) is 88.4 Å². The van der Waals surface area contributed by atoms with Crippen molar-refractivity contribution in [2.45, 2.75) is 27.7 Å². The van der Waals surface area contributed by atoms with Crippen LogP contribution in [0.25, 0.3) is 5.57 Å². The molecule has 0 radical (unpaired) electrons. The minimum Gasteiger partial charge on any atom is -0.306 e. The second kappa shape index (κ2) is 8.12. The van der Waals surface area contributed by atoms with Gasteiger partial charge < -0.3 is 4.57 Å². The molecular formula is C25H25O2P. The van der Waals surface area contributed by atoms with E-state index in [9.17, 15) is 9.36 Å². The summed E-state index contributed by atoms with van der Waals surface area (Å²) in [6.07, 6.45) is 0. The fourth-order valence-electron chi connectivity index (χ4n) is 3.63. The average molecular weight is 388 g/mol. The fraction of sp³-hybridized carbons (Fsp3) is 0.160. The van der Waals surface area contributed by atoms with Crippen molar-refractivity contribution >= 4 is 23.5 Å². The van der Waals surface area contributed by atoms with Gasteiger partial charge in [0.25, 0.3) is 0 Å². The molecule has 0 aliphatic heterocycles. The van der Waals surface area contributed by atoms with Crippen LogP contribution in [0.15, 0.2) is 78.6 Å². The van der Waals surface area contributed by atoms with Gasteiger partial charge in [0.1, 0.15) is 0 Å². The number of hydrogen-bond acceptors (Lipinski definition) is 2. The van der Waals surface area contributed by atoms with E-state index in [1.165, 1.54) is 0 Å². The van der Waals surface area contributed by atoms with Crippen molar-refractivity contribution in [1.29, 1.82) is 0 Å². The molecule has 3 aromatic rings. The van der Waals surface area contributed by atoms with Crippen LogP contribution in [0.5, 0.6) is 0 Å². The second-order valence-corrected chi connectivity index (χ2v) is 9.75. The highest BCUT2D eigenvalue weighted by molar-refractivity contribution is 7.90. The zero-order chi connectivity index (χ0) is 20.3. The van der Waals surface area contributed by atoms with Gasteiger partial charge in [-0.05, 0) is 55.8 Å². The van der Waals surface area contributed by atoms with Crippen LogP contribution in [0.3, 0.4) is 0 Å². The topological polar surface area (TPSA) is 34.1 Å². The van der Waals surface area contributed by atoms with Gasteiger partial charge in [0, 0.05) is 10.9 Å². The predicted molar refractivity (Wildman–Crippen MR) is 119 cm³/mol. The number of allylic oxidation sites excluding steroid dienone is 1. The summed E-state index contributed by atoms with van der Waals surface area (Å²) in [6, 6.07) is 22.8. The van der Waals surface area contributed by atoms with Crippen molar-refractivity contribution in [2.75, 3.05) is 0 Å². The second-order valence-electron chi connectivity index (χ2n) is 7.25. The van der Waals surface area contributed by atoms with Crippen molar-refractivity contribution in [3.8, 4) is 0 Å². The third-order valence-corrected chi connectivity index (χ3v) is 7.58. The molecule has 1 unspecified atom stereocenters. The van der Waals surface area contributed by atoms with Crippen LogP contribution in [0.4, 0.5) is 0 Å². The zero-order valence-corrected chi connectivity index (χ0v) is 17.7. The molecule has 2 nitrogen and oxygen atoms in total. The molecule has 0 aromatic heterocycles. The van der Waals surface area contributed by atoms with E-state index in [2.05, 4.69) is 0 Å². The highest BCUT2D eigenvalue weighted by Crippen LogP contribution is 2.52. The average Bonchev–Trinajstić information content (AvgIpc) is 2.68.